The minimum absolute atomic E-state index is 0.0532. The van der Waals surface area contributed by atoms with Crippen LogP contribution in [0.5, 0.6) is 5.75 Å². The van der Waals surface area contributed by atoms with Gasteiger partial charge in [-0.1, -0.05) is 6.92 Å². The Kier molecular flexibility index (Phi) is 9.54. The first kappa shape index (κ1) is 28.5. The summed E-state index contributed by atoms with van der Waals surface area (Å²) in [5.41, 5.74) is 1.26. The highest BCUT2D eigenvalue weighted by molar-refractivity contribution is 5.97. The summed E-state index contributed by atoms with van der Waals surface area (Å²) in [6, 6.07) is 9.18. The van der Waals surface area contributed by atoms with E-state index in [4.69, 9.17) is 9.84 Å². The van der Waals surface area contributed by atoms with E-state index in [1.807, 2.05) is 12.1 Å². The third-order valence-corrected chi connectivity index (χ3v) is 7.78. The monoisotopic (exact) mass is 542 g/mol. The van der Waals surface area contributed by atoms with Crippen molar-refractivity contribution in [2.75, 3.05) is 24.5 Å². The number of carbonyl (C=O) groups excluding carboxylic acids is 2. The highest BCUT2D eigenvalue weighted by atomic mass is 19.1. The van der Waals surface area contributed by atoms with Crippen molar-refractivity contribution in [3.05, 3.63) is 59.2 Å². The van der Waals surface area contributed by atoms with E-state index in [9.17, 15) is 23.2 Å². The van der Waals surface area contributed by atoms with Crippen molar-refractivity contribution in [3.8, 4) is 5.75 Å². The van der Waals surface area contributed by atoms with Gasteiger partial charge in [-0.2, -0.15) is 0 Å². The second-order valence-corrected chi connectivity index (χ2v) is 10.7. The zero-order valence-corrected chi connectivity index (χ0v) is 22.3. The van der Waals surface area contributed by atoms with Gasteiger partial charge in [0.15, 0.2) is 17.3 Å². The summed E-state index contributed by atoms with van der Waals surface area (Å²) in [5, 5.41) is 11.9. The van der Waals surface area contributed by atoms with Crippen molar-refractivity contribution in [1.82, 2.24) is 5.32 Å². The van der Waals surface area contributed by atoms with Gasteiger partial charge in [-0.15, -0.1) is 0 Å². The molecule has 2 fully saturated rings. The largest absolute Gasteiger partial charge is 0.487 e. The number of hydrogen-bond donors (Lipinski definition) is 2. The summed E-state index contributed by atoms with van der Waals surface area (Å²) in [6.45, 7) is 4.51. The molecule has 0 unspecified atom stereocenters. The number of ether oxygens (including phenoxy) is 1. The molecule has 2 aliphatic rings. The van der Waals surface area contributed by atoms with Crippen LogP contribution < -0.4 is 15.0 Å². The third-order valence-electron chi connectivity index (χ3n) is 7.78. The summed E-state index contributed by atoms with van der Waals surface area (Å²) in [7, 11) is 0. The lowest BCUT2D eigenvalue weighted by Gasteiger charge is -2.32. The molecule has 1 heterocycles. The molecule has 0 aromatic heterocycles. The second kappa shape index (κ2) is 13.0. The number of carbonyl (C=O) groups is 3. The number of nitrogens with one attached hydrogen (secondary N) is 1. The fourth-order valence-corrected chi connectivity index (χ4v) is 5.22. The Morgan fingerprint density at radius 3 is 2.28 bits per heavy atom. The van der Waals surface area contributed by atoms with Crippen LogP contribution in [0.1, 0.15) is 79.0 Å². The average molecular weight is 543 g/mol. The predicted octanol–water partition coefficient (Wildman–Crippen LogP) is 5.62. The van der Waals surface area contributed by atoms with E-state index in [0.717, 1.165) is 49.7 Å². The second-order valence-electron chi connectivity index (χ2n) is 10.7. The highest BCUT2D eigenvalue weighted by Crippen LogP contribution is 2.30. The van der Waals surface area contributed by atoms with Crippen LogP contribution in [-0.4, -0.2) is 48.5 Å². The molecule has 9 heteroatoms. The number of hydrogen-bond acceptors (Lipinski definition) is 5. The molecule has 1 saturated carbocycles. The van der Waals surface area contributed by atoms with E-state index in [-0.39, 0.29) is 36.6 Å². The molecule has 1 saturated heterocycles. The quantitative estimate of drug-likeness (QED) is 0.299. The lowest BCUT2D eigenvalue weighted by molar-refractivity contribution is -0.143. The normalized spacial score (nSPS) is 19.9. The smallest absolute Gasteiger partial charge is 0.306 e. The van der Waals surface area contributed by atoms with Gasteiger partial charge in [-0.05, 0) is 81.2 Å². The van der Waals surface area contributed by atoms with Crippen molar-refractivity contribution in [1.29, 1.82) is 0 Å². The van der Waals surface area contributed by atoms with Gasteiger partial charge < -0.3 is 20.1 Å². The maximum Gasteiger partial charge on any atom is 0.306 e. The number of carboxylic acids is 1. The molecule has 7 nitrogen and oxygen atoms in total. The van der Waals surface area contributed by atoms with Crippen molar-refractivity contribution in [2.45, 2.75) is 64.4 Å². The molecule has 4 rings (SSSR count). The lowest BCUT2D eigenvalue weighted by atomic mass is 9.87. The number of amides is 1. The SMILES string of the molecule is CC1CCN(c2ccc(C(=O)NCCCC(=O)c3cc(F)c(OC4CCC(C(=O)O)CC4)cc3F)cc2)CC1. The van der Waals surface area contributed by atoms with Gasteiger partial charge in [-0.25, -0.2) is 8.78 Å². The Morgan fingerprint density at radius 1 is 0.974 bits per heavy atom. The van der Waals surface area contributed by atoms with Crippen LogP contribution in [0.25, 0.3) is 0 Å². The fourth-order valence-electron chi connectivity index (χ4n) is 5.22. The van der Waals surface area contributed by atoms with Crippen molar-refractivity contribution in [2.24, 2.45) is 11.8 Å². The van der Waals surface area contributed by atoms with Crippen LogP contribution >= 0.6 is 0 Å². The van der Waals surface area contributed by atoms with Gasteiger partial charge in [0.1, 0.15) is 5.82 Å². The van der Waals surface area contributed by atoms with Crippen LogP contribution in [0.4, 0.5) is 14.5 Å². The number of aliphatic carboxylic acids is 1. The van der Waals surface area contributed by atoms with E-state index < -0.39 is 35.4 Å². The first-order chi connectivity index (χ1) is 18.7. The van der Waals surface area contributed by atoms with Gasteiger partial charge in [0, 0.05) is 43.4 Å². The standard InChI is InChI=1S/C30H36F2N2O5/c1-19-12-15-34(16-13-19)22-8-4-20(5-9-22)29(36)33-14-2-3-27(35)24-17-26(32)28(18-25(24)31)39-23-10-6-21(7-11-23)30(37)38/h4-5,8-9,17-19,21,23H,2-3,6-7,10-16H2,1H3,(H,33,36)(H,37,38). The minimum Gasteiger partial charge on any atom is -0.487 e. The molecule has 210 valence electrons. The number of halogens is 2. The molecule has 1 aliphatic carbocycles. The van der Waals surface area contributed by atoms with E-state index in [1.165, 1.54) is 0 Å². The predicted molar refractivity (Wildman–Crippen MR) is 143 cm³/mol. The number of piperidine rings is 1. The minimum atomic E-state index is -0.872. The molecule has 2 aromatic rings. The summed E-state index contributed by atoms with van der Waals surface area (Å²) in [4.78, 5) is 38.4. The molecule has 1 amide bonds. The van der Waals surface area contributed by atoms with E-state index in [1.54, 1.807) is 12.1 Å². The van der Waals surface area contributed by atoms with E-state index in [2.05, 4.69) is 17.1 Å². The van der Waals surface area contributed by atoms with Crippen molar-refractivity contribution >= 4 is 23.3 Å². The number of Topliss-reactive ketones (excluding diaryl/α,β-unsaturated/α-hetero) is 1. The summed E-state index contributed by atoms with van der Waals surface area (Å²) < 4.78 is 34.8. The Morgan fingerprint density at radius 2 is 1.64 bits per heavy atom. The highest BCUT2D eigenvalue weighted by Gasteiger charge is 2.28. The summed E-state index contributed by atoms with van der Waals surface area (Å²) in [6.07, 6.45) is 3.85. The zero-order chi connectivity index (χ0) is 27.9. The molecule has 0 radical (unpaired) electrons. The third kappa shape index (κ3) is 7.55. The van der Waals surface area contributed by atoms with Crippen LogP contribution in [0, 0.1) is 23.5 Å². The molecule has 2 N–H and O–H groups in total. The van der Waals surface area contributed by atoms with Gasteiger partial charge in [0.25, 0.3) is 5.91 Å². The number of ketones is 1. The molecule has 0 bridgehead atoms. The molecule has 0 spiro atoms. The summed E-state index contributed by atoms with van der Waals surface area (Å²) in [5.74, 6) is -3.36. The van der Waals surface area contributed by atoms with E-state index in [0.29, 0.717) is 31.2 Å². The molecular weight excluding hydrogens is 506 g/mol. The number of rotatable bonds is 10. The number of nitrogens with zero attached hydrogens (tertiary/aromatic N) is 1. The van der Waals surface area contributed by atoms with Gasteiger partial charge in [-0.3, -0.25) is 14.4 Å². The molecule has 39 heavy (non-hydrogen) atoms. The maximum atomic E-state index is 14.6. The Balaban J connectivity index is 1.22. The topological polar surface area (TPSA) is 95.9 Å². The fraction of sp³-hybridized carbons (Fsp3) is 0.500. The molecular formula is C30H36F2N2O5. The number of anilines is 1. The van der Waals surface area contributed by atoms with Crippen molar-refractivity contribution < 1.29 is 33.0 Å². The van der Waals surface area contributed by atoms with Crippen LogP contribution in [-0.2, 0) is 4.79 Å². The first-order valence-corrected chi connectivity index (χ1v) is 13.8. The Labute approximate surface area is 227 Å². The van der Waals surface area contributed by atoms with Gasteiger partial charge in [0.05, 0.1) is 17.6 Å². The Bertz CT molecular complexity index is 1170. The number of benzene rings is 2. The van der Waals surface area contributed by atoms with Crippen molar-refractivity contribution in [3.63, 3.8) is 0 Å². The first-order valence-electron chi connectivity index (χ1n) is 13.8. The maximum absolute atomic E-state index is 14.6. The average Bonchev–Trinajstić information content (AvgIpc) is 2.93. The molecule has 2 aromatic carbocycles. The van der Waals surface area contributed by atoms with Crippen LogP contribution in [0.2, 0.25) is 0 Å². The summed E-state index contributed by atoms with van der Waals surface area (Å²) >= 11 is 0. The molecule has 1 aliphatic heterocycles. The van der Waals surface area contributed by atoms with Crippen LogP contribution in [0.3, 0.4) is 0 Å². The van der Waals surface area contributed by atoms with Gasteiger partial charge in [0.2, 0.25) is 0 Å². The van der Waals surface area contributed by atoms with Crippen LogP contribution in [0.15, 0.2) is 36.4 Å². The zero-order valence-electron chi connectivity index (χ0n) is 22.3. The van der Waals surface area contributed by atoms with E-state index >= 15 is 0 Å². The lowest BCUT2D eigenvalue weighted by Crippen LogP contribution is -2.32. The number of carboxylic acid groups (broad SMARTS) is 1. The molecule has 0 atom stereocenters. The Hall–Kier alpha value is -3.49. The van der Waals surface area contributed by atoms with Gasteiger partial charge >= 0.3 is 5.97 Å².